The Morgan fingerprint density at radius 2 is 1.78 bits per heavy atom. The van der Waals surface area contributed by atoms with Gasteiger partial charge in [-0.3, -0.25) is 0 Å². The van der Waals surface area contributed by atoms with Gasteiger partial charge in [0.15, 0.2) is 8.32 Å². The topological polar surface area (TPSA) is 50.8 Å². The van der Waals surface area contributed by atoms with E-state index in [-0.39, 0.29) is 23.3 Å². The molecule has 0 unspecified atom stereocenters. The van der Waals surface area contributed by atoms with Crippen molar-refractivity contribution in [1.82, 2.24) is 10.2 Å². The summed E-state index contributed by atoms with van der Waals surface area (Å²) in [6.45, 7) is 21.2. The monoisotopic (exact) mass is 344 g/mol. The van der Waals surface area contributed by atoms with Crippen molar-refractivity contribution in [2.75, 3.05) is 19.6 Å². The molecule has 1 fully saturated rings. The number of piperazine rings is 1. The van der Waals surface area contributed by atoms with Gasteiger partial charge in [0, 0.05) is 19.6 Å². The molecule has 1 amide bonds. The van der Waals surface area contributed by atoms with Gasteiger partial charge in [-0.05, 0) is 45.8 Å². The standard InChI is InChI=1S/C17H36N2O3Si/c1-13(22-23(8,9)17(5,6)7)14-12-18-10-11-19(14)15(20)21-16(2,3)4/h13-14,18H,10-12H2,1-9H3/t13-,14+/m0/s1. The van der Waals surface area contributed by atoms with Gasteiger partial charge in [-0.25, -0.2) is 4.79 Å². The molecule has 0 aromatic heterocycles. The molecule has 0 bridgehead atoms. The van der Waals surface area contributed by atoms with Crippen molar-refractivity contribution >= 4 is 14.4 Å². The molecular weight excluding hydrogens is 308 g/mol. The maximum absolute atomic E-state index is 12.5. The lowest BCUT2D eigenvalue weighted by atomic mass is 10.1. The summed E-state index contributed by atoms with van der Waals surface area (Å²) in [5.74, 6) is 0. The summed E-state index contributed by atoms with van der Waals surface area (Å²) in [6.07, 6.45) is -0.258. The van der Waals surface area contributed by atoms with Crippen LogP contribution in [0, 0.1) is 0 Å². The molecule has 1 aliphatic heterocycles. The van der Waals surface area contributed by atoms with E-state index in [1.165, 1.54) is 0 Å². The van der Waals surface area contributed by atoms with Gasteiger partial charge in [-0.15, -0.1) is 0 Å². The van der Waals surface area contributed by atoms with Crippen molar-refractivity contribution in [3.8, 4) is 0 Å². The fraction of sp³-hybridized carbons (Fsp3) is 0.941. The average Bonchev–Trinajstić information content (AvgIpc) is 2.34. The van der Waals surface area contributed by atoms with Crippen molar-refractivity contribution < 1.29 is 14.0 Å². The van der Waals surface area contributed by atoms with Crippen molar-refractivity contribution in [1.29, 1.82) is 0 Å². The Bertz CT molecular complexity index is 413. The van der Waals surface area contributed by atoms with Crippen molar-refractivity contribution in [2.45, 2.75) is 84.3 Å². The van der Waals surface area contributed by atoms with E-state index in [9.17, 15) is 4.79 Å². The molecule has 2 atom stereocenters. The van der Waals surface area contributed by atoms with Gasteiger partial charge in [0.1, 0.15) is 5.60 Å². The largest absolute Gasteiger partial charge is 0.444 e. The highest BCUT2D eigenvalue weighted by Gasteiger charge is 2.42. The van der Waals surface area contributed by atoms with Gasteiger partial charge in [0.25, 0.3) is 0 Å². The van der Waals surface area contributed by atoms with E-state index in [0.29, 0.717) is 6.54 Å². The van der Waals surface area contributed by atoms with Crippen LogP contribution in [0.3, 0.4) is 0 Å². The molecule has 23 heavy (non-hydrogen) atoms. The number of rotatable bonds is 3. The number of amides is 1. The number of hydrogen-bond donors (Lipinski definition) is 1. The molecular formula is C17H36N2O3Si. The first-order chi connectivity index (χ1) is 10.2. The van der Waals surface area contributed by atoms with Crippen LogP contribution in [0.15, 0.2) is 0 Å². The predicted octanol–water partition coefficient (Wildman–Crippen LogP) is 3.61. The highest BCUT2D eigenvalue weighted by atomic mass is 28.4. The van der Waals surface area contributed by atoms with Gasteiger partial charge in [-0.1, -0.05) is 20.8 Å². The lowest BCUT2D eigenvalue weighted by molar-refractivity contribution is -0.00649. The summed E-state index contributed by atoms with van der Waals surface area (Å²) >= 11 is 0. The quantitative estimate of drug-likeness (QED) is 0.795. The third kappa shape index (κ3) is 5.76. The van der Waals surface area contributed by atoms with Crippen LogP contribution in [-0.4, -0.2) is 56.7 Å². The Kier molecular flexibility index (Phi) is 6.32. The molecule has 1 rings (SSSR count). The van der Waals surface area contributed by atoms with E-state index >= 15 is 0 Å². The molecule has 0 radical (unpaired) electrons. The zero-order valence-corrected chi connectivity index (χ0v) is 17.4. The molecule has 136 valence electrons. The summed E-state index contributed by atoms with van der Waals surface area (Å²) in [5.41, 5.74) is -0.476. The Hall–Kier alpha value is -0.593. The number of carbonyl (C=O) groups is 1. The summed E-state index contributed by atoms with van der Waals surface area (Å²) < 4.78 is 12.1. The van der Waals surface area contributed by atoms with Crippen LogP contribution in [0.2, 0.25) is 18.1 Å². The third-order valence-corrected chi connectivity index (χ3v) is 9.31. The van der Waals surface area contributed by atoms with Crippen LogP contribution in [0.5, 0.6) is 0 Å². The molecule has 1 aliphatic rings. The Morgan fingerprint density at radius 1 is 1.22 bits per heavy atom. The van der Waals surface area contributed by atoms with Crippen LogP contribution in [0.4, 0.5) is 4.79 Å². The van der Waals surface area contributed by atoms with E-state index in [4.69, 9.17) is 9.16 Å². The van der Waals surface area contributed by atoms with Gasteiger partial charge in [-0.2, -0.15) is 0 Å². The minimum absolute atomic E-state index is 0.00715. The third-order valence-electron chi connectivity index (χ3n) is 4.74. The summed E-state index contributed by atoms with van der Waals surface area (Å²) in [6, 6.07) is 0.00715. The number of hydrogen-bond acceptors (Lipinski definition) is 4. The van der Waals surface area contributed by atoms with Gasteiger partial charge in [0.2, 0.25) is 0 Å². The SMILES string of the molecule is C[C@H](O[Si](C)(C)C(C)(C)C)[C@H]1CNCCN1C(=O)OC(C)(C)C. The molecule has 1 heterocycles. The predicted molar refractivity (Wildman–Crippen MR) is 97.3 cm³/mol. The first-order valence-electron chi connectivity index (χ1n) is 8.63. The minimum Gasteiger partial charge on any atom is -0.444 e. The Morgan fingerprint density at radius 3 is 2.26 bits per heavy atom. The maximum Gasteiger partial charge on any atom is 0.410 e. The summed E-state index contributed by atoms with van der Waals surface area (Å²) in [7, 11) is -1.87. The smallest absolute Gasteiger partial charge is 0.410 e. The number of ether oxygens (including phenoxy) is 1. The van der Waals surface area contributed by atoms with Gasteiger partial charge >= 0.3 is 6.09 Å². The lowest BCUT2D eigenvalue weighted by Gasteiger charge is -2.44. The van der Waals surface area contributed by atoms with Crippen molar-refractivity contribution in [3.63, 3.8) is 0 Å². The van der Waals surface area contributed by atoms with E-state index in [1.54, 1.807) is 0 Å². The number of nitrogens with zero attached hydrogens (tertiary/aromatic N) is 1. The second-order valence-electron chi connectivity index (χ2n) is 9.03. The zero-order chi connectivity index (χ0) is 18.1. The first-order valence-corrected chi connectivity index (χ1v) is 11.5. The van der Waals surface area contributed by atoms with Crippen molar-refractivity contribution in [2.24, 2.45) is 0 Å². The molecule has 0 aromatic rings. The zero-order valence-electron chi connectivity index (χ0n) is 16.4. The molecule has 5 nitrogen and oxygen atoms in total. The first kappa shape index (κ1) is 20.5. The lowest BCUT2D eigenvalue weighted by Crippen LogP contribution is -2.60. The molecule has 1 N–H and O–H groups in total. The minimum atomic E-state index is -1.87. The normalized spacial score (nSPS) is 22.0. The van der Waals surface area contributed by atoms with E-state index in [1.807, 2.05) is 25.7 Å². The van der Waals surface area contributed by atoms with E-state index in [0.717, 1.165) is 13.1 Å². The molecule has 0 spiro atoms. The summed E-state index contributed by atoms with van der Waals surface area (Å²) in [4.78, 5) is 14.4. The fourth-order valence-corrected chi connectivity index (χ4v) is 3.85. The fourth-order valence-electron chi connectivity index (χ4n) is 2.41. The highest BCUT2D eigenvalue weighted by Crippen LogP contribution is 2.38. The van der Waals surface area contributed by atoms with Crippen LogP contribution >= 0.6 is 0 Å². The highest BCUT2D eigenvalue weighted by molar-refractivity contribution is 6.74. The van der Waals surface area contributed by atoms with Gasteiger partial charge in [0.05, 0.1) is 12.1 Å². The molecule has 0 aliphatic carbocycles. The molecule has 0 aromatic carbocycles. The van der Waals surface area contributed by atoms with Crippen LogP contribution < -0.4 is 5.32 Å². The second kappa shape index (κ2) is 7.11. The second-order valence-corrected chi connectivity index (χ2v) is 13.8. The van der Waals surface area contributed by atoms with Crippen LogP contribution in [0.1, 0.15) is 48.5 Å². The molecule has 6 heteroatoms. The van der Waals surface area contributed by atoms with E-state index in [2.05, 4.69) is 46.1 Å². The molecule has 0 saturated carbocycles. The molecule has 1 saturated heterocycles. The van der Waals surface area contributed by atoms with Crippen molar-refractivity contribution in [3.05, 3.63) is 0 Å². The number of nitrogens with one attached hydrogen (secondary N) is 1. The average molecular weight is 345 g/mol. The maximum atomic E-state index is 12.5. The van der Waals surface area contributed by atoms with Crippen LogP contribution in [-0.2, 0) is 9.16 Å². The Labute approximate surface area is 143 Å². The van der Waals surface area contributed by atoms with Crippen LogP contribution in [0.25, 0.3) is 0 Å². The number of carbonyl (C=O) groups excluding carboxylic acids is 1. The summed E-state index contributed by atoms with van der Waals surface area (Å²) in [5, 5.41) is 3.53. The van der Waals surface area contributed by atoms with Gasteiger partial charge < -0.3 is 19.4 Å². The van der Waals surface area contributed by atoms with E-state index < -0.39 is 13.9 Å². The Balaban J connectivity index is 2.83.